The Morgan fingerprint density at radius 2 is 0.535 bits per heavy atom. The molecule has 0 amide bonds. The number of aliphatic carboxylic acids is 1. The van der Waals surface area contributed by atoms with Gasteiger partial charge in [0.15, 0.2) is 12.4 Å². The van der Waals surface area contributed by atoms with Crippen LogP contribution in [0.1, 0.15) is 399 Å². The van der Waals surface area contributed by atoms with Crippen LogP contribution in [-0.4, -0.2) is 82.3 Å². The highest BCUT2D eigenvalue weighted by Crippen LogP contribution is 2.20. The third-order valence-electron chi connectivity index (χ3n) is 19.0. The highest BCUT2D eigenvalue weighted by Gasteiger charge is 2.22. The summed E-state index contributed by atoms with van der Waals surface area (Å²) in [6.07, 6.45) is 112. The van der Waals surface area contributed by atoms with E-state index in [1.807, 2.05) is 21.1 Å². The number of carboxylic acid groups (broad SMARTS) is 1. The van der Waals surface area contributed by atoms with E-state index in [9.17, 15) is 19.5 Å². The summed E-state index contributed by atoms with van der Waals surface area (Å²) in [6.45, 7) is 4.58. The standard InChI is InChI=1S/C92H163NO8/c1-6-8-10-12-14-16-18-20-22-24-26-28-30-32-34-36-38-40-42-44-45-47-48-50-52-54-56-58-60-62-64-66-68-70-72-74-76-78-80-82-89(94)99-86-88(87-100-92(91(96)97)98-85-84-93(3,4)5)101-90(95)83-81-79-77-75-73-71-69-67-65-63-61-59-57-55-53-51-49-46-43-41-39-37-35-33-31-29-27-25-23-21-19-17-15-13-11-9-7-2/h8-11,14-17,20-23,26-29,33,35,88,92H,6-7,12-13,18-19,24-25,30-32,34,36-87H2,1-5H3/b10-8-,11-9-,16-14-,17-15-,22-20-,23-21-,28-26-,29-27-,35-33-. The first-order chi connectivity index (χ1) is 49.6. The van der Waals surface area contributed by atoms with Gasteiger partial charge in [-0.3, -0.25) is 9.59 Å². The number of esters is 2. The number of allylic oxidation sites excluding steroid dienone is 18. The number of carbonyl (C=O) groups is 3. The fourth-order valence-corrected chi connectivity index (χ4v) is 12.6. The van der Waals surface area contributed by atoms with Gasteiger partial charge in [0.05, 0.1) is 40.3 Å². The summed E-state index contributed by atoms with van der Waals surface area (Å²) in [4.78, 5) is 37.7. The van der Waals surface area contributed by atoms with E-state index in [2.05, 4.69) is 123 Å². The highest BCUT2D eigenvalue weighted by atomic mass is 16.7. The summed E-state index contributed by atoms with van der Waals surface area (Å²) in [5.41, 5.74) is 0. The van der Waals surface area contributed by atoms with E-state index in [4.69, 9.17) is 18.9 Å². The zero-order chi connectivity index (χ0) is 73.2. The van der Waals surface area contributed by atoms with Crippen molar-refractivity contribution in [3.63, 3.8) is 0 Å². The molecule has 0 aromatic carbocycles. The first kappa shape index (κ1) is 97.0. The largest absolute Gasteiger partial charge is 0.545 e. The SMILES string of the molecule is CC/C=C\C/C=C\C/C=C\C/C=C\C/C=C\CCCCCCCCCCCCCCCCCCCCCCCC(=O)OC(COC(=O)CCCCCCCCCCCCCCCCCCCCCCCCCCCC/C=C\C/C=C\C/C=C\C/C=C\CC)COC(OCC[N+](C)(C)C)C(=O)[O-]. The van der Waals surface area contributed by atoms with Crippen molar-refractivity contribution < 1.29 is 42.9 Å². The number of carboxylic acids is 1. The monoisotopic (exact) mass is 1410 g/mol. The molecule has 0 aliphatic carbocycles. The van der Waals surface area contributed by atoms with Crippen molar-refractivity contribution >= 4 is 17.9 Å². The number of unbranched alkanes of at least 4 members (excludes halogenated alkanes) is 47. The molecular weight excluding hydrogens is 1250 g/mol. The molecule has 0 saturated heterocycles. The van der Waals surface area contributed by atoms with E-state index < -0.39 is 24.3 Å². The minimum atomic E-state index is -1.62. The minimum absolute atomic E-state index is 0.148. The molecule has 0 aromatic rings. The van der Waals surface area contributed by atoms with Gasteiger partial charge in [-0.25, -0.2) is 0 Å². The van der Waals surface area contributed by atoms with Crippen LogP contribution in [0.2, 0.25) is 0 Å². The molecule has 2 unspecified atom stereocenters. The van der Waals surface area contributed by atoms with Crippen molar-refractivity contribution in [2.75, 3.05) is 47.5 Å². The summed E-state index contributed by atoms with van der Waals surface area (Å²) >= 11 is 0. The van der Waals surface area contributed by atoms with Crippen molar-refractivity contribution in [1.82, 2.24) is 0 Å². The number of rotatable bonds is 80. The quantitative estimate of drug-likeness (QED) is 0.0195. The Kier molecular flexibility index (Phi) is 78.3. The fourth-order valence-electron chi connectivity index (χ4n) is 12.6. The second kappa shape index (κ2) is 81.6. The maximum atomic E-state index is 13.0. The lowest BCUT2D eigenvalue weighted by Crippen LogP contribution is -2.44. The lowest BCUT2D eigenvalue weighted by Gasteiger charge is -2.26. The molecule has 2 atom stereocenters. The van der Waals surface area contributed by atoms with Crippen LogP contribution < -0.4 is 5.11 Å². The van der Waals surface area contributed by atoms with Gasteiger partial charge in [0.2, 0.25) is 0 Å². The molecule has 0 fully saturated rings. The van der Waals surface area contributed by atoms with E-state index in [1.54, 1.807) is 0 Å². The minimum Gasteiger partial charge on any atom is -0.545 e. The molecule has 0 bridgehead atoms. The van der Waals surface area contributed by atoms with Crippen molar-refractivity contribution in [1.29, 1.82) is 0 Å². The van der Waals surface area contributed by atoms with Crippen molar-refractivity contribution in [3.8, 4) is 0 Å². The van der Waals surface area contributed by atoms with Crippen molar-refractivity contribution in [3.05, 3.63) is 109 Å². The average Bonchev–Trinajstić information content (AvgIpc) is 1.25. The lowest BCUT2D eigenvalue weighted by molar-refractivity contribution is -0.870. The topological polar surface area (TPSA) is 111 Å². The maximum absolute atomic E-state index is 13.0. The van der Waals surface area contributed by atoms with E-state index in [-0.39, 0.29) is 32.2 Å². The Hall–Kier alpha value is -4.05. The molecule has 0 spiro atoms. The highest BCUT2D eigenvalue weighted by molar-refractivity contribution is 5.70. The van der Waals surface area contributed by atoms with Gasteiger partial charge in [-0.1, -0.05) is 399 Å². The summed E-state index contributed by atoms with van der Waals surface area (Å²) < 4.78 is 22.9. The molecule has 0 aromatic heterocycles. The smallest absolute Gasteiger partial charge is 0.306 e. The Morgan fingerprint density at radius 3 is 0.792 bits per heavy atom. The number of likely N-dealkylation sites (N-methyl/N-ethyl adjacent to an activating group) is 1. The Bertz CT molecular complexity index is 2040. The Balaban J connectivity index is 3.94. The second-order valence-corrected chi connectivity index (χ2v) is 30.1. The molecule has 0 radical (unpaired) electrons. The Labute approximate surface area is 625 Å². The molecule has 9 heteroatoms. The third-order valence-corrected chi connectivity index (χ3v) is 19.0. The van der Waals surface area contributed by atoms with Gasteiger partial charge in [0, 0.05) is 12.8 Å². The molecule has 584 valence electrons. The van der Waals surface area contributed by atoms with Gasteiger partial charge in [-0.2, -0.15) is 0 Å². The molecule has 101 heavy (non-hydrogen) atoms. The molecule has 0 N–H and O–H groups in total. The normalized spacial score (nSPS) is 13.2. The number of carbonyl (C=O) groups excluding carboxylic acids is 3. The number of hydrogen-bond acceptors (Lipinski definition) is 8. The van der Waals surface area contributed by atoms with E-state index in [0.29, 0.717) is 23.9 Å². The van der Waals surface area contributed by atoms with Gasteiger partial charge < -0.3 is 33.3 Å². The Morgan fingerprint density at radius 1 is 0.297 bits per heavy atom. The van der Waals surface area contributed by atoms with Crippen LogP contribution in [0.4, 0.5) is 0 Å². The van der Waals surface area contributed by atoms with Gasteiger partial charge in [-0.05, 0) is 96.3 Å². The number of nitrogens with zero attached hydrogens (tertiary/aromatic N) is 1. The van der Waals surface area contributed by atoms with E-state index in [0.717, 1.165) is 89.9 Å². The van der Waals surface area contributed by atoms with Gasteiger partial charge in [0.25, 0.3) is 0 Å². The molecule has 0 aliphatic rings. The third kappa shape index (κ3) is 83.1. The van der Waals surface area contributed by atoms with E-state index in [1.165, 1.54) is 276 Å². The van der Waals surface area contributed by atoms with Crippen molar-refractivity contribution in [2.45, 2.75) is 411 Å². The number of hydrogen-bond donors (Lipinski definition) is 0. The van der Waals surface area contributed by atoms with Gasteiger partial charge >= 0.3 is 11.9 Å². The molecule has 0 aliphatic heterocycles. The van der Waals surface area contributed by atoms with Crippen LogP contribution in [0.5, 0.6) is 0 Å². The number of quaternary nitrogens is 1. The second-order valence-electron chi connectivity index (χ2n) is 30.1. The fraction of sp³-hybridized carbons (Fsp3) is 0.772. The molecule has 9 nitrogen and oxygen atoms in total. The van der Waals surface area contributed by atoms with Crippen LogP contribution in [0.3, 0.4) is 0 Å². The van der Waals surface area contributed by atoms with Crippen LogP contribution in [0.15, 0.2) is 109 Å². The molecule has 0 saturated carbocycles. The van der Waals surface area contributed by atoms with Crippen molar-refractivity contribution in [2.24, 2.45) is 0 Å². The van der Waals surface area contributed by atoms with Crippen LogP contribution >= 0.6 is 0 Å². The molecule has 0 rings (SSSR count). The number of ether oxygens (including phenoxy) is 4. The van der Waals surface area contributed by atoms with Gasteiger partial charge in [-0.15, -0.1) is 0 Å². The summed E-state index contributed by atoms with van der Waals surface area (Å²) in [6, 6.07) is 0. The zero-order valence-corrected chi connectivity index (χ0v) is 67.0. The summed E-state index contributed by atoms with van der Waals surface area (Å²) in [5.74, 6) is -2.26. The average molecular weight is 1410 g/mol. The summed E-state index contributed by atoms with van der Waals surface area (Å²) in [5, 5.41) is 11.9. The first-order valence-electron chi connectivity index (χ1n) is 43.0. The van der Waals surface area contributed by atoms with Crippen LogP contribution in [-0.2, 0) is 33.3 Å². The lowest BCUT2D eigenvalue weighted by atomic mass is 10.0. The first-order valence-corrected chi connectivity index (χ1v) is 43.0. The molecule has 0 heterocycles. The predicted molar refractivity (Wildman–Crippen MR) is 435 cm³/mol. The molecular formula is C92H163NO8. The van der Waals surface area contributed by atoms with Gasteiger partial charge in [0.1, 0.15) is 13.2 Å². The summed E-state index contributed by atoms with van der Waals surface area (Å²) in [7, 11) is 5.95. The predicted octanol–water partition coefficient (Wildman–Crippen LogP) is 26.7. The van der Waals surface area contributed by atoms with Crippen LogP contribution in [0, 0.1) is 0 Å². The van der Waals surface area contributed by atoms with E-state index >= 15 is 0 Å². The maximum Gasteiger partial charge on any atom is 0.306 e. The van der Waals surface area contributed by atoms with Crippen LogP contribution in [0.25, 0.3) is 0 Å². The zero-order valence-electron chi connectivity index (χ0n) is 67.0.